The third-order valence-electron chi connectivity index (χ3n) is 2.80. The van der Waals surface area contributed by atoms with Crippen molar-refractivity contribution in [1.82, 2.24) is 9.97 Å². The lowest BCUT2D eigenvalue weighted by Crippen LogP contribution is -2.39. The second-order valence-corrected chi connectivity index (χ2v) is 4.24. The van der Waals surface area contributed by atoms with E-state index >= 15 is 0 Å². The van der Waals surface area contributed by atoms with Crippen LogP contribution in [-0.4, -0.2) is 63.1 Å². The molecule has 0 saturated heterocycles. The first-order chi connectivity index (χ1) is 9.63. The highest BCUT2D eigenvalue weighted by Crippen LogP contribution is 2.13. The number of rotatable bonds is 8. The number of carbonyl (C=O) groups excluding carboxylic acids is 1. The lowest BCUT2D eigenvalue weighted by molar-refractivity contribution is 0.0593. The van der Waals surface area contributed by atoms with Gasteiger partial charge in [0.1, 0.15) is 5.82 Å². The molecule has 1 unspecified atom stereocenters. The highest BCUT2D eigenvalue weighted by molar-refractivity contribution is 5.86. The summed E-state index contributed by atoms with van der Waals surface area (Å²) in [6.07, 6.45) is 2.95. The van der Waals surface area contributed by atoms with Crippen molar-refractivity contribution < 1.29 is 19.0 Å². The number of anilines is 1. The van der Waals surface area contributed by atoms with E-state index < -0.39 is 5.97 Å². The van der Waals surface area contributed by atoms with E-state index in [4.69, 9.17) is 9.47 Å². The Kier molecular flexibility index (Phi) is 6.89. The van der Waals surface area contributed by atoms with Gasteiger partial charge in [0.2, 0.25) is 0 Å². The average molecular weight is 283 g/mol. The van der Waals surface area contributed by atoms with Crippen molar-refractivity contribution in [3.63, 3.8) is 0 Å². The number of hydrogen-bond acceptors (Lipinski definition) is 7. The molecular formula is C13H21N3O4. The zero-order valence-corrected chi connectivity index (χ0v) is 12.3. The summed E-state index contributed by atoms with van der Waals surface area (Å²) in [7, 11) is 4.60. The van der Waals surface area contributed by atoms with E-state index in [0.717, 1.165) is 0 Å². The van der Waals surface area contributed by atoms with Crippen LogP contribution in [0.15, 0.2) is 12.4 Å². The molecule has 20 heavy (non-hydrogen) atoms. The normalized spacial score (nSPS) is 12.0. The second-order valence-electron chi connectivity index (χ2n) is 4.24. The van der Waals surface area contributed by atoms with Crippen LogP contribution in [0.3, 0.4) is 0 Å². The van der Waals surface area contributed by atoms with Gasteiger partial charge in [0.05, 0.1) is 38.8 Å². The summed E-state index contributed by atoms with van der Waals surface area (Å²) in [5.74, 6) is 0.164. The monoisotopic (exact) mass is 283 g/mol. The van der Waals surface area contributed by atoms with Gasteiger partial charge in [-0.15, -0.1) is 0 Å². The van der Waals surface area contributed by atoms with E-state index in [1.54, 1.807) is 20.4 Å². The molecule has 7 heteroatoms. The first kappa shape index (κ1) is 16.3. The fourth-order valence-electron chi connectivity index (χ4n) is 1.76. The van der Waals surface area contributed by atoms with Crippen LogP contribution in [0.2, 0.25) is 0 Å². The van der Waals surface area contributed by atoms with E-state index in [1.807, 2.05) is 11.8 Å². The lowest BCUT2D eigenvalue weighted by atomic mass is 10.3. The van der Waals surface area contributed by atoms with Crippen LogP contribution in [-0.2, 0) is 14.2 Å². The van der Waals surface area contributed by atoms with Crippen LogP contribution in [0, 0.1) is 0 Å². The van der Waals surface area contributed by atoms with Gasteiger partial charge in [-0.1, -0.05) is 0 Å². The highest BCUT2D eigenvalue weighted by Gasteiger charge is 2.17. The van der Waals surface area contributed by atoms with Gasteiger partial charge >= 0.3 is 5.97 Å². The molecule has 1 atom stereocenters. The van der Waals surface area contributed by atoms with E-state index in [9.17, 15) is 4.79 Å². The van der Waals surface area contributed by atoms with Gasteiger partial charge in [-0.25, -0.2) is 14.8 Å². The van der Waals surface area contributed by atoms with Crippen molar-refractivity contribution in [1.29, 1.82) is 0 Å². The predicted octanol–water partition coefficient (Wildman–Crippen LogP) is 0.751. The van der Waals surface area contributed by atoms with Crippen LogP contribution in [0.1, 0.15) is 17.4 Å². The van der Waals surface area contributed by atoms with Gasteiger partial charge in [0.25, 0.3) is 0 Å². The molecule has 0 saturated carbocycles. The van der Waals surface area contributed by atoms with Crippen LogP contribution in [0.4, 0.5) is 5.82 Å². The Balaban J connectivity index is 2.86. The van der Waals surface area contributed by atoms with Crippen molar-refractivity contribution in [3.8, 4) is 0 Å². The van der Waals surface area contributed by atoms with Crippen molar-refractivity contribution in [2.24, 2.45) is 0 Å². The van der Waals surface area contributed by atoms with Crippen LogP contribution < -0.4 is 4.90 Å². The van der Waals surface area contributed by atoms with Gasteiger partial charge in [0.15, 0.2) is 5.69 Å². The van der Waals surface area contributed by atoms with Crippen LogP contribution in [0.25, 0.3) is 0 Å². The molecule has 0 fully saturated rings. The molecule has 0 N–H and O–H groups in total. The van der Waals surface area contributed by atoms with Crippen molar-refractivity contribution in [2.45, 2.75) is 13.0 Å². The molecule has 112 valence electrons. The number of ether oxygens (including phenoxy) is 3. The average Bonchev–Trinajstić information content (AvgIpc) is 2.48. The molecule has 0 radical (unpaired) electrons. The molecule has 1 heterocycles. The quantitative estimate of drug-likeness (QED) is 0.652. The molecule has 7 nitrogen and oxygen atoms in total. The van der Waals surface area contributed by atoms with E-state index in [2.05, 4.69) is 14.7 Å². The Morgan fingerprint density at radius 1 is 1.25 bits per heavy atom. The second kappa shape index (κ2) is 8.44. The van der Waals surface area contributed by atoms with Gasteiger partial charge in [0, 0.05) is 20.8 Å². The van der Waals surface area contributed by atoms with Crippen LogP contribution >= 0.6 is 0 Å². The number of aromatic nitrogens is 2. The third-order valence-corrected chi connectivity index (χ3v) is 2.80. The molecule has 0 aromatic carbocycles. The molecule has 1 aromatic rings. The molecule has 1 aromatic heterocycles. The van der Waals surface area contributed by atoms with Crippen molar-refractivity contribution >= 4 is 11.8 Å². The summed E-state index contributed by atoms with van der Waals surface area (Å²) in [5.41, 5.74) is 0.183. The maximum atomic E-state index is 11.3. The topological polar surface area (TPSA) is 73.8 Å². The molecule has 0 amide bonds. The maximum absolute atomic E-state index is 11.3. The highest BCUT2D eigenvalue weighted by atomic mass is 16.5. The first-order valence-corrected chi connectivity index (χ1v) is 6.28. The van der Waals surface area contributed by atoms with Gasteiger partial charge in [-0.05, 0) is 6.92 Å². The number of hydrogen-bond donors (Lipinski definition) is 0. The molecule has 0 spiro atoms. The van der Waals surface area contributed by atoms with E-state index in [-0.39, 0.29) is 11.7 Å². The Hall–Kier alpha value is -1.73. The third kappa shape index (κ3) is 4.43. The molecule has 0 bridgehead atoms. The predicted molar refractivity (Wildman–Crippen MR) is 73.9 cm³/mol. The van der Waals surface area contributed by atoms with E-state index in [1.165, 1.54) is 13.3 Å². The van der Waals surface area contributed by atoms with Crippen molar-refractivity contribution in [3.05, 3.63) is 18.1 Å². The minimum atomic E-state index is -0.502. The zero-order chi connectivity index (χ0) is 15.0. The number of nitrogens with zero attached hydrogens (tertiary/aromatic N) is 3. The first-order valence-electron chi connectivity index (χ1n) is 6.28. The van der Waals surface area contributed by atoms with E-state index in [0.29, 0.717) is 25.6 Å². The smallest absolute Gasteiger partial charge is 0.358 e. The summed E-state index contributed by atoms with van der Waals surface area (Å²) >= 11 is 0. The van der Waals surface area contributed by atoms with Gasteiger partial charge < -0.3 is 19.1 Å². The number of carbonyl (C=O) groups is 1. The fraction of sp³-hybridized carbons (Fsp3) is 0.615. The Morgan fingerprint density at radius 2 is 2.00 bits per heavy atom. The number of esters is 1. The molecule has 1 rings (SSSR count). The van der Waals surface area contributed by atoms with Crippen molar-refractivity contribution in [2.75, 3.05) is 46.0 Å². The molecule has 0 aliphatic heterocycles. The lowest BCUT2D eigenvalue weighted by Gasteiger charge is -2.29. The fourth-order valence-corrected chi connectivity index (χ4v) is 1.76. The Bertz CT molecular complexity index is 411. The summed E-state index contributed by atoms with van der Waals surface area (Å²) in [4.78, 5) is 21.7. The molecule has 0 aliphatic carbocycles. The Labute approximate surface area is 118 Å². The van der Waals surface area contributed by atoms with Crippen LogP contribution in [0.5, 0.6) is 0 Å². The van der Waals surface area contributed by atoms with Gasteiger partial charge in [-0.2, -0.15) is 0 Å². The minimum Gasteiger partial charge on any atom is -0.464 e. The maximum Gasteiger partial charge on any atom is 0.358 e. The Morgan fingerprint density at radius 3 is 2.50 bits per heavy atom. The summed E-state index contributed by atoms with van der Waals surface area (Å²) < 4.78 is 14.8. The zero-order valence-electron chi connectivity index (χ0n) is 12.3. The SMILES string of the molecule is COCCN(c1cnc(C(=O)OC)cn1)C(C)COC. The standard InChI is InChI=1S/C13H21N3O4/c1-10(9-19-3)16(5-6-18-2)12-8-14-11(7-15-12)13(17)20-4/h7-8,10H,5-6,9H2,1-4H3. The largest absolute Gasteiger partial charge is 0.464 e. The number of methoxy groups -OCH3 is 3. The molecular weight excluding hydrogens is 262 g/mol. The summed E-state index contributed by atoms with van der Waals surface area (Å²) in [6, 6.07) is 0.119. The minimum absolute atomic E-state index is 0.119. The molecule has 0 aliphatic rings. The summed E-state index contributed by atoms with van der Waals surface area (Å²) in [6.45, 7) is 3.81. The summed E-state index contributed by atoms with van der Waals surface area (Å²) in [5, 5.41) is 0. The van der Waals surface area contributed by atoms with Gasteiger partial charge in [-0.3, -0.25) is 0 Å².